The van der Waals surface area contributed by atoms with Crippen LogP contribution in [0.3, 0.4) is 0 Å². The van der Waals surface area contributed by atoms with Crippen LogP contribution in [0, 0.1) is 0 Å². The molecule has 0 bridgehead atoms. The fourth-order valence-corrected chi connectivity index (χ4v) is 1.40. The third kappa shape index (κ3) is 1.43. The molecule has 1 fully saturated rings. The van der Waals surface area contributed by atoms with E-state index >= 15 is 0 Å². The second-order valence-electron chi connectivity index (χ2n) is 2.97. The van der Waals surface area contributed by atoms with Crippen molar-refractivity contribution < 1.29 is 10.2 Å². The van der Waals surface area contributed by atoms with Crippen molar-refractivity contribution in [2.24, 2.45) is 0 Å². The van der Waals surface area contributed by atoms with Gasteiger partial charge >= 0.3 is 0 Å². The molecule has 0 radical (unpaired) electrons. The summed E-state index contributed by atoms with van der Waals surface area (Å²) in [6, 6.07) is 0. The zero-order chi connectivity index (χ0) is 6.91. The Hall–Kier alpha value is -0.0800. The maximum Gasteiger partial charge on any atom is 0.0670 e. The summed E-state index contributed by atoms with van der Waals surface area (Å²) in [6.07, 6.45) is 2.62. The molecule has 2 atom stereocenters. The molecule has 0 aromatic rings. The van der Waals surface area contributed by atoms with Crippen LogP contribution >= 0.6 is 0 Å². The predicted molar refractivity (Wildman–Crippen MR) is 35.1 cm³/mol. The number of rotatable bonds is 1. The minimum absolute atomic E-state index is 0.255. The summed E-state index contributed by atoms with van der Waals surface area (Å²) in [5, 5.41) is 18.5. The van der Waals surface area contributed by atoms with Crippen LogP contribution in [-0.4, -0.2) is 21.9 Å². The normalized spacial score (nSPS) is 43.7. The van der Waals surface area contributed by atoms with E-state index < -0.39 is 5.60 Å². The Bertz CT molecular complexity index is 103. The van der Waals surface area contributed by atoms with Gasteiger partial charge in [-0.05, 0) is 19.3 Å². The van der Waals surface area contributed by atoms with Crippen LogP contribution in [0.15, 0.2) is 0 Å². The average molecular weight is 130 g/mol. The Morgan fingerprint density at radius 1 is 1.67 bits per heavy atom. The second-order valence-corrected chi connectivity index (χ2v) is 2.97. The van der Waals surface area contributed by atoms with Gasteiger partial charge in [-0.25, -0.2) is 0 Å². The molecule has 0 spiro atoms. The Labute approximate surface area is 55.5 Å². The van der Waals surface area contributed by atoms with Gasteiger partial charge in [0.25, 0.3) is 0 Å². The van der Waals surface area contributed by atoms with Gasteiger partial charge < -0.3 is 10.2 Å². The summed E-state index contributed by atoms with van der Waals surface area (Å²) in [5.74, 6) is 0. The summed E-state index contributed by atoms with van der Waals surface area (Å²) in [5.41, 5.74) is -0.542. The molecular weight excluding hydrogens is 116 g/mol. The van der Waals surface area contributed by atoms with E-state index in [4.69, 9.17) is 5.11 Å². The van der Waals surface area contributed by atoms with Crippen LogP contribution < -0.4 is 0 Å². The largest absolute Gasteiger partial charge is 0.393 e. The van der Waals surface area contributed by atoms with Gasteiger partial charge in [-0.2, -0.15) is 0 Å². The summed E-state index contributed by atoms with van der Waals surface area (Å²) in [6.45, 7) is 1.96. The highest BCUT2D eigenvalue weighted by Crippen LogP contribution is 2.31. The fourth-order valence-electron chi connectivity index (χ4n) is 1.40. The van der Waals surface area contributed by atoms with Crippen LogP contribution in [-0.2, 0) is 0 Å². The highest BCUT2D eigenvalue weighted by Gasteiger charge is 2.34. The van der Waals surface area contributed by atoms with E-state index in [-0.39, 0.29) is 6.10 Å². The molecule has 1 rings (SSSR count). The molecule has 2 heteroatoms. The first kappa shape index (κ1) is 7.03. The van der Waals surface area contributed by atoms with Gasteiger partial charge in [0.05, 0.1) is 11.7 Å². The number of hydrogen-bond donors (Lipinski definition) is 2. The zero-order valence-corrected chi connectivity index (χ0v) is 5.80. The van der Waals surface area contributed by atoms with E-state index in [1.807, 2.05) is 6.92 Å². The first-order valence-corrected chi connectivity index (χ1v) is 3.57. The first-order chi connectivity index (χ1) is 4.16. The van der Waals surface area contributed by atoms with E-state index in [1.54, 1.807) is 0 Å². The Morgan fingerprint density at radius 2 is 2.33 bits per heavy atom. The van der Waals surface area contributed by atoms with Gasteiger partial charge in [-0.15, -0.1) is 0 Å². The van der Waals surface area contributed by atoms with Crippen molar-refractivity contribution in [1.82, 2.24) is 0 Å². The minimum Gasteiger partial charge on any atom is -0.393 e. The van der Waals surface area contributed by atoms with Gasteiger partial charge in [0.15, 0.2) is 0 Å². The van der Waals surface area contributed by atoms with Gasteiger partial charge in [-0.1, -0.05) is 6.92 Å². The van der Waals surface area contributed by atoms with Crippen LogP contribution in [0.2, 0.25) is 0 Å². The third-order valence-electron chi connectivity index (χ3n) is 2.22. The van der Waals surface area contributed by atoms with E-state index in [2.05, 4.69) is 0 Å². The van der Waals surface area contributed by atoms with Crippen LogP contribution in [0.1, 0.15) is 32.6 Å². The molecule has 0 amide bonds. The van der Waals surface area contributed by atoms with Crippen molar-refractivity contribution >= 4 is 0 Å². The third-order valence-corrected chi connectivity index (χ3v) is 2.22. The molecule has 2 N–H and O–H groups in total. The molecule has 54 valence electrons. The molecule has 2 nitrogen and oxygen atoms in total. The van der Waals surface area contributed by atoms with E-state index in [0.717, 1.165) is 19.3 Å². The van der Waals surface area contributed by atoms with Crippen molar-refractivity contribution in [2.45, 2.75) is 44.3 Å². The fraction of sp³-hybridized carbons (Fsp3) is 1.00. The lowest BCUT2D eigenvalue weighted by Gasteiger charge is -2.18. The van der Waals surface area contributed by atoms with Crippen LogP contribution in [0.4, 0.5) is 0 Å². The molecule has 0 aromatic carbocycles. The van der Waals surface area contributed by atoms with Gasteiger partial charge in [0.2, 0.25) is 0 Å². The molecule has 0 heterocycles. The highest BCUT2D eigenvalue weighted by atomic mass is 16.3. The van der Waals surface area contributed by atoms with E-state index in [9.17, 15) is 5.11 Å². The van der Waals surface area contributed by atoms with E-state index in [1.165, 1.54) is 0 Å². The standard InChI is InChI=1S/C7H14O2/c1-2-7(9)4-3-6(8)5-7/h6,8-9H,2-5H2,1H3. The van der Waals surface area contributed by atoms with Gasteiger partial charge in [-0.3, -0.25) is 0 Å². The van der Waals surface area contributed by atoms with Crippen molar-refractivity contribution in [2.75, 3.05) is 0 Å². The first-order valence-electron chi connectivity index (χ1n) is 3.57. The summed E-state index contributed by atoms with van der Waals surface area (Å²) in [4.78, 5) is 0. The van der Waals surface area contributed by atoms with Crippen molar-refractivity contribution in [3.63, 3.8) is 0 Å². The SMILES string of the molecule is CCC1(O)CCC(O)C1. The maximum atomic E-state index is 9.51. The monoisotopic (exact) mass is 130 g/mol. The van der Waals surface area contributed by atoms with Crippen molar-refractivity contribution in [3.8, 4) is 0 Å². The molecule has 9 heavy (non-hydrogen) atoms. The lowest BCUT2D eigenvalue weighted by atomic mass is 9.99. The molecule has 0 saturated heterocycles. The number of aliphatic hydroxyl groups is 2. The molecule has 2 unspecified atom stereocenters. The van der Waals surface area contributed by atoms with E-state index in [0.29, 0.717) is 6.42 Å². The topological polar surface area (TPSA) is 40.5 Å². The number of aliphatic hydroxyl groups excluding tert-OH is 1. The lowest BCUT2D eigenvalue weighted by molar-refractivity contribution is 0.0290. The van der Waals surface area contributed by atoms with Gasteiger partial charge in [0, 0.05) is 6.42 Å². The number of hydrogen-bond acceptors (Lipinski definition) is 2. The lowest BCUT2D eigenvalue weighted by Crippen LogP contribution is -2.23. The minimum atomic E-state index is -0.542. The highest BCUT2D eigenvalue weighted by molar-refractivity contribution is 4.87. The van der Waals surface area contributed by atoms with Crippen molar-refractivity contribution in [3.05, 3.63) is 0 Å². The average Bonchev–Trinajstić information content (AvgIpc) is 2.13. The quantitative estimate of drug-likeness (QED) is 0.547. The van der Waals surface area contributed by atoms with Gasteiger partial charge in [0.1, 0.15) is 0 Å². The Balaban J connectivity index is 2.45. The predicted octanol–water partition coefficient (Wildman–Crippen LogP) is 0.672. The molecule has 0 aromatic heterocycles. The molecule has 1 saturated carbocycles. The Kier molecular flexibility index (Phi) is 1.78. The van der Waals surface area contributed by atoms with Crippen LogP contribution in [0.5, 0.6) is 0 Å². The molecule has 0 aliphatic heterocycles. The maximum absolute atomic E-state index is 9.51. The summed E-state index contributed by atoms with van der Waals surface area (Å²) >= 11 is 0. The second kappa shape index (κ2) is 2.27. The Morgan fingerprint density at radius 3 is 2.56 bits per heavy atom. The zero-order valence-electron chi connectivity index (χ0n) is 5.80. The molecule has 1 aliphatic carbocycles. The smallest absolute Gasteiger partial charge is 0.0670 e. The summed E-state index contributed by atoms with van der Waals surface area (Å²) < 4.78 is 0. The van der Waals surface area contributed by atoms with Crippen molar-refractivity contribution in [1.29, 1.82) is 0 Å². The summed E-state index contributed by atoms with van der Waals surface area (Å²) in [7, 11) is 0. The molecular formula is C7H14O2. The molecule has 1 aliphatic rings. The van der Waals surface area contributed by atoms with Crippen LogP contribution in [0.25, 0.3) is 0 Å².